The lowest BCUT2D eigenvalue weighted by atomic mass is 10.1. The number of benzene rings is 1. The number of ether oxygens (including phenoxy) is 1. The van der Waals surface area contributed by atoms with E-state index in [-0.39, 0.29) is 5.97 Å². The van der Waals surface area contributed by atoms with Crippen LogP contribution in [0.15, 0.2) is 36.5 Å². The monoisotopic (exact) mass is 256 g/mol. The predicted molar refractivity (Wildman–Crippen MR) is 74.8 cm³/mol. The van der Waals surface area contributed by atoms with Crippen LogP contribution >= 0.6 is 0 Å². The largest absolute Gasteiger partial charge is 0.465 e. The quantitative estimate of drug-likeness (QED) is 0.857. The second kappa shape index (κ2) is 5.52. The number of methoxy groups -OCH3 is 1. The molecule has 0 spiro atoms. The maximum atomic E-state index is 11.8. The number of nitrogens with one attached hydrogen (secondary N) is 1. The van der Waals surface area contributed by atoms with Gasteiger partial charge in [-0.15, -0.1) is 0 Å². The lowest BCUT2D eigenvalue weighted by molar-refractivity contribution is 0.0600. The molecule has 4 heteroatoms. The van der Waals surface area contributed by atoms with Gasteiger partial charge < -0.3 is 10.1 Å². The van der Waals surface area contributed by atoms with Gasteiger partial charge in [0, 0.05) is 11.9 Å². The molecular formula is C15H16N2O2. The van der Waals surface area contributed by atoms with Crippen molar-refractivity contribution in [1.82, 2.24) is 4.98 Å². The van der Waals surface area contributed by atoms with Crippen LogP contribution in [0.4, 0.5) is 11.4 Å². The second-order valence-electron chi connectivity index (χ2n) is 4.25. The van der Waals surface area contributed by atoms with Crippen molar-refractivity contribution in [3.63, 3.8) is 0 Å². The summed E-state index contributed by atoms with van der Waals surface area (Å²) in [6.45, 7) is 3.80. The van der Waals surface area contributed by atoms with Crippen molar-refractivity contribution in [3.8, 4) is 0 Å². The molecule has 0 aliphatic rings. The van der Waals surface area contributed by atoms with Crippen LogP contribution in [0.5, 0.6) is 0 Å². The highest BCUT2D eigenvalue weighted by Gasteiger charge is 2.16. The Hall–Kier alpha value is -2.36. The maximum absolute atomic E-state index is 11.8. The van der Waals surface area contributed by atoms with E-state index in [1.165, 1.54) is 7.11 Å². The molecule has 0 saturated carbocycles. The number of hydrogen-bond acceptors (Lipinski definition) is 4. The number of anilines is 2. The zero-order valence-corrected chi connectivity index (χ0v) is 11.2. The molecule has 1 aromatic heterocycles. The topological polar surface area (TPSA) is 51.2 Å². The zero-order chi connectivity index (χ0) is 13.8. The molecule has 0 unspecified atom stereocenters. The van der Waals surface area contributed by atoms with Crippen molar-refractivity contribution in [2.75, 3.05) is 12.4 Å². The summed E-state index contributed by atoms with van der Waals surface area (Å²) >= 11 is 0. The number of para-hydroxylation sites is 1. The summed E-state index contributed by atoms with van der Waals surface area (Å²) in [5.74, 6) is -0.387. The van der Waals surface area contributed by atoms with E-state index >= 15 is 0 Å². The van der Waals surface area contributed by atoms with Gasteiger partial charge in [-0.1, -0.05) is 18.2 Å². The Balaban J connectivity index is 2.43. The first-order chi connectivity index (χ1) is 9.13. The zero-order valence-electron chi connectivity index (χ0n) is 11.2. The first kappa shape index (κ1) is 13.1. The summed E-state index contributed by atoms with van der Waals surface area (Å²) in [7, 11) is 1.37. The molecule has 0 fully saturated rings. The van der Waals surface area contributed by atoms with E-state index in [0.717, 1.165) is 11.3 Å². The first-order valence-corrected chi connectivity index (χ1v) is 6.00. The lowest BCUT2D eigenvalue weighted by Gasteiger charge is -2.13. The Labute approximate surface area is 112 Å². The molecule has 98 valence electrons. The number of rotatable bonds is 3. The Bertz CT molecular complexity index is 609. The average Bonchev–Trinajstić information content (AvgIpc) is 2.41. The third-order valence-electron chi connectivity index (χ3n) is 2.94. The van der Waals surface area contributed by atoms with Crippen molar-refractivity contribution in [3.05, 3.63) is 53.3 Å². The van der Waals surface area contributed by atoms with Crippen LogP contribution in [-0.2, 0) is 4.74 Å². The van der Waals surface area contributed by atoms with Gasteiger partial charge in [0.15, 0.2) is 0 Å². The number of pyridine rings is 1. The highest BCUT2D eigenvalue weighted by atomic mass is 16.5. The molecule has 2 aromatic rings. The molecule has 0 saturated heterocycles. The van der Waals surface area contributed by atoms with E-state index in [4.69, 9.17) is 4.74 Å². The average molecular weight is 256 g/mol. The number of hydrogen-bond donors (Lipinski definition) is 1. The fraction of sp³-hybridized carbons (Fsp3) is 0.200. The number of esters is 1. The van der Waals surface area contributed by atoms with E-state index in [1.807, 2.05) is 31.2 Å². The molecule has 0 aliphatic carbocycles. The summed E-state index contributed by atoms with van der Waals surface area (Å²) in [4.78, 5) is 16.0. The number of aromatic nitrogens is 1. The fourth-order valence-electron chi connectivity index (χ4n) is 1.89. The van der Waals surface area contributed by atoms with Gasteiger partial charge in [-0.3, -0.25) is 4.98 Å². The number of carbonyl (C=O) groups excluding carboxylic acids is 1. The number of aryl methyl sites for hydroxylation is 2. The van der Waals surface area contributed by atoms with Gasteiger partial charge in [-0.05, 0) is 31.5 Å². The Morgan fingerprint density at radius 2 is 1.89 bits per heavy atom. The van der Waals surface area contributed by atoms with Crippen LogP contribution in [0.25, 0.3) is 0 Å². The summed E-state index contributed by atoms with van der Waals surface area (Å²) < 4.78 is 4.81. The van der Waals surface area contributed by atoms with Gasteiger partial charge in [0.2, 0.25) is 0 Å². The van der Waals surface area contributed by atoms with Crippen LogP contribution in [0.2, 0.25) is 0 Å². The van der Waals surface area contributed by atoms with Crippen molar-refractivity contribution < 1.29 is 9.53 Å². The summed E-state index contributed by atoms with van der Waals surface area (Å²) in [6, 6.07) is 9.66. The van der Waals surface area contributed by atoms with E-state index in [9.17, 15) is 4.79 Å². The molecule has 0 atom stereocenters. The molecule has 1 aromatic carbocycles. The van der Waals surface area contributed by atoms with Crippen LogP contribution in [-0.4, -0.2) is 18.1 Å². The normalized spacial score (nSPS) is 10.1. The van der Waals surface area contributed by atoms with Crippen LogP contribution in [0, 0.1) is 13.8 Å². The lowest BCUT2D eigenvalue weighted by Crippen LogP contribution is -2.09. The molecule has 1 heterocycles. The third kappa shape index (κ3) is 2.73. The Morgan fingerprint density at radius 3 is 2.58 bits per heavy atom. The smallest absolute Gasteiger partial charge is 0.341 e. The van der Waals surface area contributed by atoms with Gasteiger partial charge in [-0.2, -0.15) is 0 Å². The standard InChI is InChI=1S/C15H16N2O2/c1-10-6-4-5-7-12(10)17-13-8-9-16-11(2)14(13)15(18)19-3/h4-9H,1-3H3,(H,16,17). The van der Waals surface area contributed by atoms with E-state index in [1.54, 1.807) is 19.2 Å². The molecule has 0 amide bonds. The molecular weight excluding hydrogens is 240 g/mol. The molecule has 0 aliphatic heterocycles. The van der Waals surface area contributed by atoms with Crippen molar-refractivity contribution in [2.24, 2.45) is 0 Å². The van der Waals surface area contributed by atoms with Crippen molar-refractivity contribution in [1.29, 1.82) is 0 Å². The Kier molecular flexibility index (Phi) is 3.80. The highest BCUT2D eigenvalue weighted by Crippen LogP contribution is 2.25. The van der Waals surface area contributed by atoms with Crippen molar-refractivity contribution >= 4 is 17.3 Å². The predicted octanol–water partition coefficient (Wildman–Crippen LogP) is 3.23. The van der Waals surface area contributed by atoms with Crippen molar-refractivity contribution in [2.45, 2.75) is 13.8 Å². The number of nitrogens with zero attached hydrogens (tertiary/aromatic N) is 1. The van der Waals surface area contributed by atoms with E-state index in [2.05, 4.69) is 10.3 Å². The van der Waals surface area contributed by atoms with Gasteiger partial charge >= 0.3 is 5.97 Å². The minimum absolute atomic E-state index is 0.387. The highest BCUT2D eigenvalue weighted by molar-refractivity contribution is 5.97. The summed E-state index contributed by atoms with van der Waals surface area (Å²) in [6.07, 6.45) is 1.67. The fourth-order valence-corrected chi connectivity index (χ4v) is 1.89. The summed E-state index contributed by atoms with van der Waals surface area (Å²) in [5, 5.41) is 3.26. The molecule has 0 bridgehead atoms. The van der Waals surface area contributed by atoms with Crippen LogP contribution in [0.1, 0.15) is 21.6 Å². The second-order valence-corrected chi connectivity index (χ2v) is 4.25. The van der Waals surface area contributed by atoms with Crippen LogP contribution in [0.3, 0.4) is 0 Å². The van der Waals surface area contributed by atoms with Gasteiger partial charge in [0.1, 0.15) is 5.56 Å². The Morgan fingerprint density at radius 1 is 1.16 bits per heavy atom. The molecule has 0 radical (unpaired) electrons. The molecule has 4 nitrogen and oxygen atoms in total. The summed E-state index contributed by atoms with van der Waals surface area (Å²) in [5.41, 5.74) is 3.87. The van der Waals surface area contributed by atoms with Crippen LogP contribution < -0.4 is 5.32 Å². The van der Waals surface area contributed by atoms with Gasteiger partial charge in [0.05, 0.1) is 18.5 Å². The van der Waals surface area contributed by atoms with Gasteiger partial charge in [0.25, 0.3) is 0 Å². The van der Waals surface area contributed by atoms with E-state index in [0.29, 0.717) is 16.9 Å². The van der Waals surface area contributed by atoms with E-state index < -0.39 is 0 Å². The first-order valence-electron chi connectivity index (χ1n) is 6.00. The van der Waals surface area contributed by atoms with Gasteiger partial charge in [-0.25, -0.2) is 4.79 Å². The molecule has 19 heavy (non-hydrogen) atoms. The SMILES string of the molecule is COC(=O)c1c(Nc2ccccc2C)ccnc1C. The minimum Gasteiger partial charge on any atom is -0.465 e. The molecule has 2 rings (SSSR count). The molecule has 1 N–H and O–H groups in total. The maximum Gasteiger partial charge on any atom is 0.341 e. The third-order valence-corrected chi connectivity index (χ3v) is 2.94. The number of carbonyl (C=O) groups is 1. The minimum atomic E-state index is -0.387.